The molecule has 0 radical (unpaired) electrons. The highest BCUT2D eigenvalue weighted by Crippen LogP contribution is 2.24. The van der Waals surface area contributed by atoms with Crippen molar-refractivity contribution < 1.29 is 5.11 Å². The zero-order valence-corrected chi connectivity index (χ0v) is 12.2. The van der Waals surface area contributed by atoms with Crippen molar-refractivity contribution in [3.05, 3.63) is 65.7 Å². The zero-order chi connectivity index (χ0) is 14.4. The van der Waals surface area contributed by atoms with Crippen LogP contribution in [-0.4, -0.2) is 11.7 Å². The van der Waals surface area contributed by atoms with E-state index < -0.39 is 0 Å². The topological polar surface area (TPSA) is 32.3 Å². The average molecular weight is 269 g/mol. The molecule has 2 aromatic carbocycles. The third-order valence-electron chi connectivity index (χ3n) is 3.73. The summed E-state index contributed by atoms with van der Waals surface area (Å²) in [6, 6.07) is 18.1. The summed E-state index contributed by atoms with van der Waals surface area (Å²) in [5.41, 5.74) is 2.43. The Balaban J connectivity index is 2.22. The van der Waals surface area contributed by atoms with Crippen molar-refractivity contribution in [3.63, 3.8) is 0 Å². The Morgan fingerprint density at radius 3 is 2.15 bits per heavy atom. The first-order valence-corrected chi connectivity index (χ1v) is 7.28. The van der Waals surface area contributed by atoms with Gasteiger partial charge in [-0.2, -0.15) is 0 Å². The normalized spacial score (nSPS) is 13.9. The van der Waals surface area contributed by atoms with Gasteiger partial charge in [0.2, 0.25) is 0 Å². The Bertz CT molecular complexity index is 507. The Hall–Kier alpha value is -1.80. The van der Waals surface area contributed by atoms with E-state index in [2.05, 4.69) is 43.4 Å². The lowest BCUT2D eigenvalue weighted by Crippen LogP contribution is -2.27. The van der Waals surface area contributed by atoms with Crippen molar-refractivity contribution in [2.24, 2.45) is 5.92 Å². The Kier molecular flexibility index (Phi) is 5.19. The predicted octanol–water partition coefficient (Wildman–Crippen LogP) is 4.12. The van der Waals surface area contributed by atoms with E-state index in [-0.39, 0.29) is 6.04 Å². The van der Waals surface area contributed by atoms with Crippen molar-refractivity contribution in [1.29, 1.82) is 0 Å². The van der Waals surface area contributed by atoms with Crippen LogP contribution < -0.4 is 5.32 Å². The number of aromatic hydroxyl groups is 1. The van der Waals surface area contributed by atoms with Crippen LogP contribution in [0, 0.1) is 5.92 Å². The number of hydrogen-bond donors (Lipinski definition) is 2. The molecule has 0 saturated heterocycles. The van der Waals surface area contributed by atoms with Crippen molar-refractivity contribution in [2.45, 2.75) is 26.3 Å². The van der Waals surface area contributed by atoms with E-state index in [0.717, 1.165) is 6.54 Å². The van der Waals surface area contributed by atoms with Gasteiger partial charge in [0.15, 0.2) is 0 Å². The molecule has 0 aliphatic carbocycles. The van der Waals surface area contributed by atoms with Crippen molar-refractivity contribution in [1.82, 2.24) is 5.32 Å². The number of nitrogens with one attached hydrogen (secondary N) is 1. The van der Waals surface area contributed by atoms with E-state index in [1.54, 1.807) is 12.1 Å². The largest absolute Gasteiger partial charge is 0.508 e. The lowest BCUT2D eigenvalue weighted by atomic mass is 9.97. The first-order chi connectivity index (χ1) is 9.70. The molecule has 2 nitrogen and oxygen atoms in total. The molecule has 2 heteroatoms. The molecule has 0 aromatic heterocycles. The molecule has 20 heavy (non-hydrogen) atoms. The number of phenols is 1. The summed E-state index contributed by atoms with van der Waals surface area (Å²) in [6.07, 6.45) is 1.17. The number of benzene rings is 2. The molecule has 2 atom stereocenters. The van der Waals surface area contributed by atoms with Crippen molar-refractivity contribution in [3.8, 4) is 5.75 Å². The number of phenolic OH excluding ortho intramolecular Hbond substituents is 1. The van der Waals surface area contributed by atoms with E-state index in [4.69, 9.17) is 0 Å². The highest BCUT2D eigenvalue weighted by Gasteiger charge is 2.14. The van der Waals surface area contributed by atoms with Gasteiger partial charge in [-0.05, 0) is 35.7 Å². The fraction of sp³-hybridized carbons (Fsp3) is 0.333. The first kappa shape index (κ1) is 14.6. The van der Waals surface area contributed by atoms with Gasteiger partial charge in [0, 0.05) is 0 Å². The van der Waals surface area contributed by atoms with Gasteiger partial charge in [-0.3, -0.25) is 0 Å². The van der Waals surface area contributed by atoms with E-state index in [1.807, 2.05) is 18.2 Å². The standard InChI is InChI=1S/C18H23NO/c1-3-14(2)13-19-18(15-7-5-4-6-8-15)16-9-11-17(20)12-10-16/h4-12,14,18-20H,3,13H2,1-2H3. The second kappa shape index (κ2) is 7.11. The predicted molar refractivity (Wildman–Crippen MR) is 83.8 cm³/mol. The Morgan fingerprint density at radius 1 is 0.950 bits per heavy atom. The van der Waals surface area contributed by atoms with Gasteiger partial charge in [-0.25, -0.2) is 0 Å². The van der Waals surface area contributed by atoms with Gasteiger partial charge in [-0.1, -0.05) is 62.7 Å². The van der Waals surface area contributed by atoms with Gasteiger partial charge in [-0.15, -0.1) is 0 Å². The third-order valence-corrected chi connectivity index (χ3v) is 3.73. The third kappa shape index (κ3) is 3.84. The monoisotopic (exact) mass is 269 g/mol. The zero-order valence-electron chi connectivity index (χ0n) is 12.2. The van der Waals surface area contributed by atoms with E-state index in [0.29, 0.717) is 11.7 Å². The molecular weight excluding hydrogens is 246 g/mol. The quantitative estimate of drug-likeness (QED) is 0.827. The van der Waals surface area contributed by atoms with Gasteiger partial charge < -0.3 is 10.4 Å². The lowest BCUT2D eigenvalue weighted by molar-refractivity contribution is 0.468. The second-order valence-corrected chi connectivity index (χ2v) is 5.36. The average Bonchev–Trinajstić information content (AvgIpc) is 2.50. The van der Waals surface area contributed by atoms with Gasteiger partial charge in [0.1, 0.15) is 5.75 Å². The van der Waals surface area contributed by atoms with Crippen LogP contribution in [0.1, 0.15) is 37.4 Å². The van der Waals surface area contributed by atoms with Crippen LogP contribution in [0.15, 0.2) is 54.6 Å². The molecule has 106 valence electrons. The van der Waals surface area contributed by atoms with Crippen LogP contribution in [0.3, 0.4) is 0 Å². The number of hydrogen-bond acceptors (Lipinski definition) is 2. The highest BCUT2D eigenvalue weighted by molar-refractivity contribution is 5.34. The fourth-order valence-electron chi connectivity index (χ4n) is 2.20. The smallest absolute Gasteiger partial charge is 0.115 e. The molecule has 0 aliphatic rings. The minimum Gasteiger partial charge on any atom is -0.508 e. The Labute approximate surface area is 121 Å². The summed E-state index contributed by atoms with van der Waals surface area (Å²) in [4.78, 5) is 0. The summed E-state index contributed by atoms with van der Waals surface area (Å²) in [6.45, 7) is 5.45. The summed E-state index contributed by atoms with van der Waals surface area (Å²) >= 11 is 0. The highest BCUT2D eigenvalue weighted by atomic mass is 16.3. The summed E-state index contributed by atoms with van der Waals surface area (Å²) < 4.78 is 0. The molecule has 0 heterocycles. The molecule has 0 aliphatic heterocycles. The fourth-order valence-corrected chi connectivity index (χ4v) is 2.20. The molecule has 2 N–H and O–H groups in total. The van der Waals surface area contributed by atoms with Crippen LogP contribution in [0.5, 0.6) is 5.75 Å². The maximum Gasteiger partial charge on any atom is 0.115 e. The Morgan fingerprint density at radius 2 is 1.55 bits per heavy atom. The van der Waals surface area contributed by atoms with E-state index in [9.17, 15) is 5.11 Å². The summed E-state index contributed by atoms with van der Waals surface area (Å²) in [7, 11) is 0. The molecule has 0 saturated carbocycles. The summed E-state index contributed by atoms with van der Waals surface area (Å²) in [5.74, 6) is 0.959. The van der Waals surface area contributed by atoms with Crippen molar-refractivity contribution >= 4 is 0 Å². The minimum atomic E-state index is 0.172. The molecule has 2 aromatic rings. The van der Waals surface area contributed by atoms with Crippen LogP contribution in [-0.2, 0) is 0 Å². The van der Waals surface area contributed by atoms with Gasteiger partial charge >= 0.3 is 0 Å². The van der Waals surface area contributed by atoms with Crippen LogP contribution in [0.4, 0.5) is 0 Å². The lowest BCUT2D eigenvalue weighted by Gasteiger charge is -2.22. The summed E-state index contributed by atoms with van der Waals surface area (Å²) in [5, 5.41) is 13.1. The SMILES string of the molecule is CCC(C)CNC(c1ccccc1)c1ccc(O)cc1. The maximum absolute atomic E-state index is 9.44. The molecule has 0 amide bonds. The van der Waals surface area contributed by atoms with Gasteiger partial charge in [0.05, 0.1) is 6.04 Å². The van der Waals surface area contributed by atoms with Crippen molar-refractivity contribution in [2.75, 3.05) is 6.54 Å². The number of rotatable bonds is 6. The maximum atomic E-state index is 9.44. The van der Waals surface area contributed by atoms with E-state index in [1.165, 1.54) is 17.5 Å². The molecule has 0 bridgehead atoms. The first-order valence-electron chi connectivity index (χ1n) is 7.28. The minimum absolute atomic E-state index is 0.172. The van der Waals surface area contributed by atoms with Crippen LogP contribution in [0.25, 0.3) is 0 Å². The van der Waals surface area contributed by atoms with Crippen LogP contribution >= 0.6 is 0 Å². The molecule has 0 fully saturated rings. The molecule has 2 rings (SSSR count). The molecule has 0 spiro atoms. The second-order valence-electron chi connectivity index (χ2n) is 5.36. The molecular formula is C18H23NO. The van der Waals surface area contributed by atoms with E-state index >= 15 is 0 Å². The van der Waals surface area contributed by atoms with Crippen LogP contribution in [0.2, 0.25) is 0 Å². The van der Waals surface area contributed by atoms with Gasteiger partial charge in [0.25, 0.3) is 0 Å². The molecule has 2 unspecified atom stereocenters.